The Labute approximate surface area is 121 Å². The van der Waals surface area contributed by atoms with E-state index in [0.29, 0.717) is 31.4 Å². The van der Waals surface area contributed by atoms with Crippen LogP contribution in [0.15, 0.2) is 24.3 Å². The van der Waals surface area contributed by atoms with Gasteiger partial charge in [-0.05, 0) is 37.5 Å². The lowest BCUT2D eigenvalue weighted by Crippen LogP contribution is -2.42. The number of halogens is 3. The highest BCUT2D eigenvalue weighted by molar-refractivity contribution is 5.77. The number of alkyl halides is 3. The van der Waals surface area contributed by atoms with Gasteiger partial charge in [-0.3, -0.25) is 4.79 Å². The second kappa shape index (κ2) is 6.05. The number of carbonyl (C=O) groups is 1. The summed E-state index contributed by atoms with van der Waals surface area (Å²) in [5, 5.41) is 0. The molecule has 1 amide bonds. The smallest absolute Gasteiger partial charge is 0.334 e. The van der Waals surface area contributed by atoms with Gasteiger partial charge in [-0.15, -0.1) is 0 Å². The third-order valence-electron chi connectivity index (χ3n) is 3.89. The van der Waals surface area contributed by atoms with Gasteiger partial charge in [0, 0.05) is 19.0 Å². The molecule has 0 aliphatic carbocycles. The van der Waals surface area contributed by atoms with Gasteiger partial charge in [-0.1, -0.05) is 12.1 Å². The molecule has 3 nitrogen and oxygen atoms in total. The molecule has 1 heterocycles. The van der Waals surface area contributed by atoms with Gasteiger partial charge < -0.3 is 10.6 Å². The van der Waals surface area contributed by atoms with Crippen LogP contribution in [0.2, 0.25) is 0 Å². The molecule has 0 radical (unpaired) electrons. The molecule has 2 atom stereocenters. The molecule has 1 fully saturated rings. The zero-order chi connectivity index (χ0) is 15.6. The van der Waals surface area contributed by atoms with Crippen molar-refractivity contribution in [3.05, 3.63) is 35.4 Å². The summed E-state index contributed by atoms with van der Waals surface area (Å²) in [4.78, 5) is 13.7. The Balaban J connectivity index is 2.43. The molecule has 1 saturated heterocycles. The molecule has 1 aliphatic rings. The van der Waals surface area contributed by atoms with Gasteiger partial charge in [0.1, 0.15) is 0 Å². The number of nitrogens with zero attached hydrogens (tertiary/aromatic N) is 1. The van der Waals surface area contributed by atoms with Crippen LogP contribution in [0.1, 0.15) is 43.4 Å². The van der Waals surface area contributed by atoms with Crippen molar-refractivity contribution in [3.8, 4) is 0 Å². The fraction of sp³-hybridized carbons (Fsp3) is 0.533. The van der Waals surface area contributed by atoms with E-state index in [1.807, 2.05) is 6.92 Å². The quantitative estimate of drug-likeness (QED) is 0.912. The highest BCUT2D eigenvalue weighted by Crippen LogP contribution is 2.34. The summed E-state index contributed by atoms with van der Waals surface area (Å²) in [5.41, 5.74) is 5.87. The van der Waals surface area contributed by atoms with Gasteiger partial charge >= 0.3 is 6.18 Å². The van der Waals surface area contributed by atoms with E-state index in [1.165, 1.54) is 6.07 Å². The summed E-state index contributed by atoms with van der Waals surface area (Å²) in [7, 11) is 0. The van der Waals surface area contributed by atoms with Gasteiger partial charge in [0.2, 0.25) is 5.91 Å². The zero-order valence-corrected chi connectivity index (χ0v) is 11.9. The molecular formula is C15H19F3N2O. The minimum absolute atomic E-state index is 0.0483. The Hall–Kier alpha value is -1.56. The predicted molar refractivity (Wildman–Crippen MR) is 73.4 cm³/mol. The number of hydrogen-bond donors (Lipinski definition) is 1. The first-order valence-corrected chi connectivity index (χ1v) is 7.06. The van der Waals surface area contributed by atoms with Crippen molar-refractivity contribution < 1.29 is 18.0 Å². The van der Waals surface area contributed by atoms with E-state index in [2.05, 4.69) is 0 Å². The van der Waals surface area contributed by atoms with E-state index >= 15 is 0 Å². The standard InChI is InChI=1S/C15H19F3N2O/c1-2-20-13(21)8-4-7-12(19)14(20)10-5-3-6-11(9-10)15(16,17)18/h3,5-6,9,12,14H,2,4,7-8,19H2,1H3. The average molecular weight is 300 g/mol. The van der Waals surface area contributed by atoms with Crippen molar-refractivity contribution in [3.63, 3.8) is 0 Å². The summed E-state index contributed by atoms with van der Waals surface area (Å²) in [6.45, 7) is 2.25. The molecule has 6 heteroatoms. The van der Waals surface area contributed by atoms with Gasteiger partial charge in [-0.2, -0.15) is 13.2 Å². The Bertz CT molecular complexity index is 516. The molecule has 0 bridgehead atoms. The first-order chi connectivity index (χ1) is 9.84. The van der Waals surface area contributed by atoms with Crippen LogP contribution in [0.5, 0.6) is 0 Å². The van der Waals surface area contributed by atoms with Gasteiger partial charge in [0.15, 0.2) is 0 Å². The van der Waals surface area contributed by atoms with E-state index in [1.54, 1.807) is 11.0 Å². The number of rotatable bonds is 2. The van der Waals surface area contributed by atoms with E-state index in [4.69, 9.17) is 5.73 Å². The van der Waals surface area contributed by atoms with Crippen LogP contribution in [0.4, 0.5) is 13.2 Å². The van der Waals surface area contributed by atoms with Gasteiger partial charge in [0.25, 0.3) is 0 Å². The summed E-state index contributed by atoms with van der Waals surface area (Å²) in [6, 6.07) is 4.28. The lowest BCUT2D eigenvalue weighted by atomic mass is 9.95. The van der Waals surface area contributed by atoms with Crippen molar-refractivity contribution in [2.75, 3.05) is 6.54 Å². The van der Waals surface area contributed by atoms with Crippen LogP contribution < -0.4 is 5.73 Å². The van der Waals surface area contributed by atoms with Crippen molar-refractivity contribution in [2.45, 2.75) is 44.4 Å². The van der Waals surface area contributed by atoms with E-state index < -0.39 is 17.8 Å². The molecule has 1 aromatic rings. The Kier molecular flexibility index (Phi) is 4.56. The van der Waals surface area contributed by atoms with E-state index in [9.17, 15) is 18.0 Å². The highest BCUT2D eigenvalue weighted by Gasteiger charge is 2.35. The first kappa shape index (κ1) is 15.8. The molecule has 1 aliphatic heterocycles. The van der Waals surface area contributed by atoms with Gasteiger partial charge in [0.05, 0.1) is 11.6 Å². The molecule has 116 valence electrons. The summed E-state index contributed by atoms with van der Waals surface area (Å²) < 4.78 is 38.6. The second-order valence-electron chi connectivity index (χ2n) is 5.30. The maximum Gasteiger partial charge on any atom is 0.416 e. The minimum Gasteiger partial charge on any atom is -0.334 e. The first-order valence-electron chi connectivity index (χ1n) is 7.06. The van der Waals surface area contributed by atoms with Crippen molar-refractivity contribution in [1.82, 2.24) is 4.90 Å². The third-order valence-corrected chi connectivity index (χ3v) is 3.89. The SMILES string of the molecule is CCN1C(=O)CCCC(N)C1c1cccc(C(F)(F)F)c1. The van der Waals surface area contributed by atoms with E-state index in [-0.39, 0.29) is 11.9 Å². The van der Waals surface area contributed by atoms with Crippen LogP contribution in [0.3, 0.4) is 0 Å². The lowest BCUT2D eigenvalue weighted by Gasteiger charge is -2.33. The number of nitrogens with two attached hydrogens (primary N) is 1. The van der Waals surface area contributed by atoms with Crippen molar-refractivity contribution in [1.29, 1.82) is 0 Å². The number of likely N-dealkylation sites (tertiary alicyclic amines) is 1. The Morgan fingerprint density at radius 2 is 2.10 bits per heavy atom. The lowest BCUT2D eigenvalue weighted by molar-refractivity contribution is -0.137. The summed E-state index contributed by atoms with van der Waals surface area (Å²) >= 11 is 0. The molecule has 1 aromatic carbocycles. The fourth-order valence-electron chi connectivity index (χ4n) is 2.88. The number of carbonyl (C=O) groups excluding carboxylic acids is 1. The van der Waals surface area contributed by atoms with Crippen molar-refractivity contribution in [2.24, 2.45) is 5.73 Å². The molecule has 21 heavy (non-hydrogen) atoms. The number of likely N-dealkylation sites (N-methyl/N-ethyl adjacent to an activating group) is 1. The summed E-state index contributed by atoms with van der Waals surface area (Å²) in [6.07, 6.45) is -2.70. The number of hydrogen-bond acceptors (Lipinski definition) is 2. The molecule has 2 rings (SSSR count). The average Bonchev–Trinajstić information content (AvgIpc) is 2.56. The van der Waals surface area contributed by atoms with Gasteiger partial charge in [-0.25, -0.2) is 0 Å². The minimum atomic E-state index is -4.40. The topological polar surface area (TPSA) is 46.3 Å². The molecular weight excluding hydrogens is 281 g/mol. The zero-order valence-electron chi connectivity index (χ0n) is 11.9. The van der Waals surface area contributed by atoms with Crippen LogP contribution in [-0.4, -0.2) is 23.4 Å². The Morgan fingerprint density at radius 3 is 2.71 bits per heavy atom. The maximum absolute atomic E-state index is 12.9. The third kappa shape index (κ3) is 3.37. The largest absolute Gasteiger partial charge is 0.416 e. The predicted octanol–water partition coefficient (Wildman–Crippen LogP) is 3.11. The monoisotopic (exact) mass is 300 g/mol. The fourth-order valence-corrected chi connectivity index (χ4v) is 2.88. The van der Waals surface area contributed by atoms with Crippen LogP contribution in [0, 0.1) is 0 Å². The summed E-state index contributed by atoms with van der Waals surface area (Å²) in [5.74, 6) is -0.0483. The second-order valence-corrected chi connectivity index (χ2v) is 5.30. The van der Waals surface area contributed by atoms with Crippen molar-refractivity contribution >= 4 is 5.91 Å². The maximum atomic E-state index is 12.9. The molecule has 2 unspecified atom stereocenters. The normalized spacial score (nSPS) is 24.0. The number of amides is 1. The Morgan fingerprint density at radius 1 is 1.38 bits per heavy atom. The van der Waals surface area contributed by atoms with Crippen LogP contribution >= 0.6 is 0 Å². The molecule has 0 spiro atoms. The number of benzene rings is 1. The van der Waals surface area contributed by atoms with E-state index in [0.717, 1.165) is 12.1 Å². The van der Waals surface area contributed by atoms with Crippen LogP contribution in [-0.2, 0) is 11.0 Å². The van der Waals surface area contributed by atoms with Crippen LogP contribution in [0.25, 0.3) is 0 Å². The molecule has 2 N–H and O–H groups in total. The molecule has 0 saturated carbocycles. The molecule has 0 aromatic heterocycles. The highest BCUT2D eigenvalue weighted by atomic mass is 19.4.